The molecule has 1 aromatic heterocycles. The van der Waals surface area contributed by atoms with Crippen LogP contribution in [0, 0.1) is 18.8 Å². The normalized spacial score (nSPS) is 20.1. The first-order valence-corrected chi connectivity index (χ1v) is 13.7. The first kappa shape index (κ1) is 25.9. The summed E-state index contributed by atoms with van der Waals surface area (Å²) in [5.74, 6) is 3.28. The minimum absolute atomic E-state index is 0.279. The molecule has 0 bridgehead atoms. The number of anilines is 2. The SMILES string of the molecule is C=Nc1ccccc1SCc1c(C)nc(NCCOCC2CC2)nc1NC1CCC(C(C)(C)O)C1. The molecule has 0 aliphatic heterocycles. The zero-order valence-electron chi connectivity index (χ0n) is 21.2. The van der Waals surface area contributed by atoms with Gasteiger partial charge in [-0.05, 0) is 83.6 Å². The Bertz CT molecular complexity index is 1010. The molecule has 35 heavy (non-hydrogen) atoms. The van der Waals surface area contributed by atoms with Crippen molar-refractivity contribution in [2.24, 2.45) is 16.8 Å². The van der Waals surface area contributed by atoms with Crippen LogP contribution in [0.4, 0.5) is 17.5 Å². The van der Waals surface area contributed by atoms with Crippen molar-refractivity contribution < 1.29 is 9.84 Å². The predicted octanol–water partition coefficient (Wildman–Crippen LogP) is 5.60. The fraction of sp³-hybridized carbons (Fsp3) is 0.593. The molecule has 0 spiro atoms. The number of ether oxygens (including phenoxy) is 1. The minimum Gasteiger partial charge on any atom is -0.390 e. The number of hydrogen-bond acceptors (Lipinski definition) is 8. The highest BCUT2D eigenvalue weighted by molar-refractivity contribution is 7.98. The molecule has 7 nitrogen and oxygen atoms in total. The van der Waals surface area contributed by atoms with Crippen LogP contribution in [-0.4, -0.2) is 53.2 Å². The van der Waals surface area contributed by atoms with Crippen LogP contribution < -0.4 is 10.6 Å². The lowest BCUT2D eigenvalue weighted by molar-refractivity contribution is 0.0197. The van der Waals surface area contributed by atoms with Gasteiger partial charge in [-0.15, -0.1) is 11.8 Å². The average Bonchev–Trinajstić information content (AvgIpc) is 3.52. The quantitative estimate of drug-likeness (QED) is 0.188. The summed E-state index contributed by atoms with van der Waals surface area (Å²) in [5, 5.41) is 17.5. The van der Waals surface area contributed by atoms with Crippen LogP contribution in [0.25, 0.3) is 0 Å². The molecular formula is C27H39N5O2S. The molecule has 4 rings (SSSR count). The van der Waals surface area contributed by atoms with E-state index in [1.54, 1.807) is 11.8 Å². The third-order valence-electron chi connectivity index (χ3n) is 6.97. The molecule has 0 radical (unpaired) electrons. The highest BCUT2D eigenvalue weighted by Crippen LogP contribution is 2.38. The van der Waals surface area contributed by atoms with Crippen LogP contribution in [0.1, 0.15) is 57.2 Å². The van der Waals surface area contributed by atoms with E-state index in [4.69, 9.17) is 14.7 Å². The van der Waals surface area contributed by atoms with Gasteiger partial charge in [0.15, 0.2) is 0 Å². The van der Waals surface area contributed by atoms with Crippen molar-refractivity contribution in [3.63, 3.8) is 0 Å². The molecule has 2 saturated carbocycles. The van der Waals surface area contributed by atoms with Gasteiger partial charge in [0.2, 0.25) is 5.95 Å². The number of nitrogens with one attached hydrogen (secondary N) is 2. The second-order valence-corrected chi connectivity index (χ2v) is 11.3. The second-order valence-electron chi connectivity index (χ2n) is 10.3. The van der Waals surface area contributed by atoms with E-state index in [-0.39, 0.29) is 12.0 Å². The molecular weight excluding hydrogens is 458 g/mol. The number of rotatable bonds is 13. The molecule has 2 aliphatic rings. The lowest BCUT2D eigenvalue weighted by atomic mass is 9.89. The molecule has 0 amide bonds. The maximum Gasteiger partial charge on any atom is 0.224 e. The second kappa shape index (κ2) is 11.7. The van der Waals surface area contributed by atoms with Gasteiger partial charge in [-0.3, -0.25) is 4.99 Å². The summed E-state index contributed by atoms with van der Waals surface area (Å²) in [7, 11) is 0. The van der Waals surface area contributed by atoms with Crippen molar-refractivity contribution in [3.05, 3.63) is 35.5 Å². The topological polar surface area (TPSA) is 91.7 Å². The fourth-order valence-corrected chi connectivity index (χ4v) is 5.64. The lowest BCUT2D eigenvalue weighted by Gasteiger charge is -2.26. The van der Waals surface area contributed by atoms with Gasteiger partial charge in [-0.2, -0.15) is 4.98 Å². The largest absolute Gasteiger partial charge is 0.390 e. The van der Waals surface area contributed by atoms with E-state index in [9.17, 15) is 5.11 Å². The maximum atomic E-state index is 10.5. The molecule has 190 valence electrons. The fourth-order valence-electron chi connectivity index (χ4n) is 4.54. The van der Waals surface area contributed by atoms with Crippen LogP contribution >= 0.6 is 11.8 Å². The number of aryl methyl sites for hydroxylation is 1. The number of para-hydroxylation sites is 1. The minimum atomic E-state index is -0.661. The van der Waals surface area contributed by atoms with Gasteiger partial charge in [-0.1, -0.05) is 12.1 Å². The van der Waals surface area contributed by atoms with E-state index in [0.29, 0.717) is 19.1 Å². The molecule has 1 heterocycles. The summed E-state index contributed by atoms with van der Waals surface area (Å²) in [6.45, 7) is 11.8. The van der Waals surface area contributed by atoms with Crippen molar-refractivity contribution in [2.75, 3.05) is 30.4 Å². The summed E-state index contributed by atoms with van der Waals surface area (Å²) in [4.78, 5) is 14.9. The van der Waals surface area contributed by atoms with Gasteiger partial charge >= 0.3 is 0 Å². The number of nitrogens with zero attached hydrogens (tertiary/aromatic N) is 3. The van der Waals surface area contributed by atoms with Crippen molar-refractivity contribution in [3.8, 4) is 0 Å². The average molecular weight is 498 g/mol. The van der Waals surface area contributed by atoms with Gasteiger partial charge in [-0.25, -0.2) is 4.98 Å². The summed E-state index contributed by atoms with van der Waals surface area (Å²) < 4.78 is 5.75. The molecule has 2 fully saturated rings. The smallest absolute Gasteiger partial charge is 0.224 e. The Kier molecular flexibility index (Phi) is 8.68. The van der Waals surface area contributed by atoms with Gasteiger partial charge in [0, 0.05) is 41.1 Å². The summed E-state index contributed by atoms with van der Waals surface area (Å²) in [6.07, 6.45) is 5.56. The van der Waals surface area contributed by atoms with Crippen molar-refractivity contribution >= 4 is 35.9 Å². The zero-order chi connectivity index (χ0) is 24.8. The number of aliphatic imine (C=N–C) groups is 1. The highest BCUT2D eigenvalue weighted by atomic mass is 32.2. The standard InChI is InChI=1S/C27H39N5O2S/c1-18-22(17-35-24-8-6-5-7-23(24)28-4)25(31-21-12-11-20(15-21)27(2,3)33)32-26(30-18)29-13-14-34-16-19-9-10-19/h5-8,19-21,33H,4,9-17H2,1-3H3,(H2,29,30,31,32). The van der Waals surface area contributed by atoms with Crippen LogP contribution in [0.2, 0.25) is 0 Å². The van der Waals surface area contributed by atoms with E-state index in [0.717, 1.165) is 65.2 Å². The highest BCUT2D eigenvalue weighted by Gasteiger charge is 2.35. The van der Waals surface area contributed by atoms with E-state index in [2.05, 4.69) is 28.4 Å². The molecule has 8 heteroatoms. The van der Waals surface area contributed by atoms with Gasteiger partial charge in [0.05, 0.1) is 17.9 Å². The van der Waals surface area contributed by atoms with E-state index >= 15 is 0 Å². The number of aromatic nitrogens is 2. The van der Waals surface area contributed by atoms with E-state index in [1.807, 2.05) is 39.0 Å². The third kappa shape index (κ3) is 7.41. The van der Waals surface area contributed by atoms with Crippen molar-refractivity contribution in [1.29, 1.82) is 0 Å². The first-order chi connectivity index (χ1) is 16.8. The Labute approximate surface area is 213 Å². The Hall–Kier alpha value is -2.16. The predicted molar refractivity (Wildman–Crippen MR) is 145 cm³/mol. The molecule has 1 aromatic carbocycles. The lowest BCUT2D eigenvalue weighted by Crippen LogP contribution is -2.30. The molecule has 2 atom stereocenters. The number of benzene rings is 1. The maximum absolute atomic E-state index is 10.5. The summed E-state index contributed by atoms with van der Waals surface area (Å²) in [6, 6.07) is 8.32. The monoisotopic (exact) mass is 497 g/mol. The van der Waals surface area contributed by atoms with Gasteiger partial charge in [0.1, 0.15) is 5.82 Å². The molecule has 2 aromatic rings. The Morgan fingerprint density at radius 2 is 2.00 bits per heavy atom. The molecule has 2 unspecified atom stereocenters. The third-order valence-corrected chi connectivity index (χ3v) is 8.06. The Balaban J connectivity index is 1.47. The summed E-state index contributed by atoms with van der Waals surface area (Å²) >= 11 is 1.72. The van der Waals surface area contributed by atoms with Crippen LogP contribution in [0.15, 0.2) is 34.2 Å². The molecule has 2 aliphatic carbocycles. The van der Waals surface area contributed by atoms with Gasteiger partial charge < -0.3 is 20.5 Å². The van der Waals surface area contributed by atoms with Crippen molar-refractivity contribution in [1.82, 2.24) is 9.97 Å². The summed E-state index contributed by atoms with van der Waals surface area (Å²) in [5.41, 5.74) is 2.28. The Morgan fingerprint density at radius 3 is 2.71 bits per heavy atom. The van der Waals surface area contributed by atoms with Crippen LogP contribution in [0.3, 0.4) is 0 Å². The van der Waals surface area contributed by atoms with E-state index < -0.39 is 5.60 Å². The molecule has 3 N–H and O–H groups in total. The van der Waals surface area contributed by atoms with Crippen molar-refractivity contribution in [2.45, 2.75) is 75.2 Å². The van der Waals surface area contributed by atoms with E-state index in [1.165, 1.54) is 12.8 Å². The van der Waals surface area contributed by atoms with Crippen LogP contribution in [0.5, 0.6) is 0 Å². The number of aliphatic hydroxyl groups is 1. The molecule has 0 saturated heterocycles. The zero-order valence-corrected chi connectivity index (χ0v) is 22.0. The number of thioether (sulfide) groups is 1. The first-order valence-electron chi connectivity index (χ1n) is 12.7. The number of hydrogen-bond donors (Lipinski definition) is 3. The Morgan fingerprint density at radius 1 is 1.20 bits per heavy atom. The van der Waals surface area contributed by atoms with Crippen LogP contribution in [-0.2, 0) is 10.5 Å². The van der Waals surface area contributed by atoms with Gasteiger partial charge in [0.25, 0.3) is 0 Å².